The van der Waals surface area contributed by atoms with Crippen molar-refractivity contribution in [3.8, 4) is 0 Å². The van der Waals surface area contributed by atoms with Crippen LogP contribution in [0.2, 0.25) is 0 Å². The zero-order valence-corrected chi connectivity index (χ0v) is 9.15. The Morgan fingerprint density at radius 1 is 1.27 bits per heavy atom. The monoisotopic (exact) mass is 232 g/mol. The average Bonchev–Trinajstić information content (AvgIpc) is 2.07. The molecule has 1 aromatic rings. The van der Waals surface area contributed by atoms with Crippen molar-refractivity contribution < 1.29 is 0 Å². The second-order valence-electron chi connectivity index (χ2n) is 2.24. The summed E-state index contributed by atoms with van der Waals surface area (Å²) in [6.07, 6.45) is 2.17. The molecular formula is C9H12SSe. The van der Waals surface area contributed by atoms with Crippen molar-refractivity contribution in [2.24, 2.45) is 0 Å². The molecule has 60 valence electrons. The molecule has 0 aromatic heterocycles. The van der Waals surface area contributed by atoms with Crippen LogP contribution in [0.5, 0.6) is 0 Å². The fourth-order valence-corrected chi connectivity index (χ4v) is 3.54. The van der Waals surface area contributed by atoms with E-state index < -0.39 is 0 Å². The predicted octanol–water partition coefficient (Wildman–Crippen LogP) is 2.21. The minimum absolute atomic E-state index is 0.792. The number of thioether (sulfide) groups is 1. The number of hydrogen-bond acceptors (Lipinski definition) is 1. The van der Waals surface area contributed by atoms with Gasteiger partial charge < -0.3 is 0 Å². The summed E-state index contributed by atoms with van der Waals surface area (Å²) in [5, 5.41) is 1.29. The van der Waals surface area contributed by atoms with Crippen LogP contribution in [0.4, 0.5) is 0 Å². The molecule has 0 aliphatic heterocycles. The molecule has 0 saturated heterocycles. The molecule has 0 aliphatic carbocycles. The molecule has 0 saturated carbocycles. The van der Waals surface area contributed by atoms with Crippen LogP contribution in [0, 0.1) is 0 Å². The number of hydrogen-bond donors (Lipinski definition) is 0. The number of benzene rings is 1. The van der Waals surface area contributed by atoms with Crippen LogP contribution in [-0.4, -0.2) is 25.9 Å². The van der Waals surface area contributed by atoms with Gasteiger partial charge >= 0.3 is 78.8 Å². The van der Waals surface area contributed by atoms with Crippen LogP contribution in [-0.2, 0) is 5.32 Å². The Morgan fingerprint density at radius 2 is 2.00 bits per heavy atom. The molecule has 0 amide bonds. The molecule has 0 N–H and O–H groups in total. The van der Waals surface area contributed by atoms with Crippen LogP contribution >= 0.6 is 11.8 Å². The third kappa shape index (κ3) is 3.85. The summed E-state index contributed by atoms with van der Waals surface area (Å²) in [5.74, 6) is 0. The molecule has 0 aliphatic rings. The van der Waals surface area contributed by atoms with E-state index in [2.05, 4.69) is 36.6 Å². The summed E-state index contributed by atoms with van der Waals surface area (Å²) >= 11 is 2.74. The third-order valence-corrected chi connectivity index (χ3v) is 5.38. The molecule has 0 fully saturated rings. The van der Waals surface area contributed by atoms with Crippen LogP contribution in [0.1, 0.15) is 5.56 Å². The molecular weight excluding hydrogens is 219 g/mol. The molecule has 2 heteroatoms. The van der Waals surface area contributed by atoms with Gasteiger partial charge in [-0.1, -0.05) is 0 Å². The normalized spacial score (nSPS) is 9.91. The van der Waals surface area contributed by atoms with Gasteiger partial charge in [-0.05, 0) is 0 Å². The standard InChI is InChI=1S/C9H12SSe/c1-10-8-11-7-9-5-3-2-4-6-9/h2-6H,7-8H2,1H3. The molecule has 0 radical (unpaired) electrons. The van der Waals surface area contributed by atoms with Crippen molar-refractivity contribution in [2.45, 2.75) is 5.32 Å². The van der Waals surface area contributed by atoms with Crippen molar-refractivity contribution in [3.63, 3.8) is 0 Å². The SMILES string of the molecule is CSC[Se]Cc1ccccc1. The van der Waals surface area contributed by atoms with Gasteiger partial charge in [0.2, 0.25) is 0 Å². The first-order chi connectivity index (χ1) is 5.43. The van der Waals surface area contributed by atoms with E-state index in [0.717, 1.165) is 15.0 Å². The van der Waals surface area contributed by atoms with E-state index >= 15 is 0 Å². The zero-order chi connectivity index (χ0) is 7.94. The second kappa shape index (κ2) is 5.70. The zero-order valence-electron chi connectivity index (χ0n) is 6.62. The van der Waals surface area contributed by atoms with Crippen molar-refractivity contribution in [1.82, 2.24) is 0 Å². The first kappa shape index (κ1) is 9.18. The Kier molecular flexibility index (Phi) is 4.76. The summed E-state index contributed by atoms with van der Waals surface area (Å²) in [4.78, 5) is 0. The topological polar surface area (TPSA) is 0 Å². The van der Waals surface area contributed by atoms with Crippen LogP contribution in [0.3, 0.4) is 0 Å². The van der Waals surface area contributed by atoms with E-state index in [1.165, 1.54) is 15.5 Å². The Hall–Kier alpha value is 0.0895. The first-order valence-corrected chi connectivity index (χ1v) is 7.36. The quantitative estimate of drug-likeness (QED) is 0.565. The maximum atomic E-state index is 2.21. The van der Waals surface area contributed by atoms with Gasteiger partial charge in [0.1, 0.15) is 0 Å². The average molecular weight is 231 g/mol. The van der Waals surface area contributed by atoms with Gasteiger partial charge in [0, 0.05) is 0 Å². The van der Waals surface area contributed by atoms with Crippen molar-refractivity contribution in [2.75, 3.05) is 10.9 Å². The van der Waals surface area contributed by atoms with E-state index in [9.17, 15) is 0 Å². The van der Waals surface area contributed by atoms with E-state index in [0.29, 0.717) is 0 Å². The van der Waals surface area contributed by atoms with Gasteiger partial charge in [-0.15, -0.1) is 0 Å². The summed E-state index contributed by atoms with van der Waals surface area (Å²) in [7, 11) is 0. The molecule has 0 unspecified atom stereocenters. The Morgan fingerprint density at radius 3 is 2.64 bits per heavy atom. The summed E-state index contributed by atoms with van der Waals surface area (Å²) in [5.41, 5.74) is 1.49. The van der Waals surface area contributed by atoms with Gasteiger partial charge in [0.15, 0.2) is 0 Å². The van der Waals surface area contributed by atoms with Crippen molar-refractivity contribution >= 4 is 26.7 Å². The second-order valence-corrected chi connectivity index (χ2v) is 6.00. The van der Waals surface area contributed by atoms with Gasteiger partial charge in [-0.25, -0.2) is 0 Å². The Labute approximate surface area is 78.9 Å². The minimum atomic E-state index is 0.792. The van der Waals surface area contributed by atoms with E-state index in [4.69, 9.17) is 0 Å². The fourth-order valence-electron chi connectivity index (χ4n) is 0.817. The van der Waals surface area contributed by atoms with E-state index in [1.807, 2.05) is 11.8 Å². The van der Waals surface area contributed by atoms with Gasteiger partial charge in [-0.2, -0.15) is 0 Å². The van der Waals surface area contributed by atoms with Gasteiger partial charge in [0.25, 0.3) is 0 Å². The van der Waals surface area contributed by atoms with Gasteiger partial charge in [0.05, 0.1) is 0 Å². The maximum absolute atomic E-state index is 2.21. The summed E-state index contributed by atoms with van der Waals surface area (Å²) < 4.78 is 1.34. The van der Waals surface area contributed by atoms with Gasteiger partial charge in [-0.3, -0.25) is 0 Å². The van der Waals surface area contributed by atoms with E-state index in [-0.39, 0.29) is 0 Å². The number of rotatable bonds is 4. The van der Waals surface area contributed by atoms with Crippen LogP contribution in [0.25, 0.3) is 0 Å². The van der Waals surface area contributed by atoms with Crippen LogP contribution in [0.15, 0.2) is 30.3 Å². The molecule has 0 atom stereocenters. The molecule has 11 heavy (non-hydrogen) atoms. The molecule has 0 nitrogen and oxygen atoms in total. The fraction of sp³-hybridized carbons (Fsp3) is 0.333. The molecule has 1 aromatic carbocycles. The Balaban J connectivity index is 2.28. The Bertz CT molecular complexity index is 186. The molecule has 1 rings (SSSR count). The summed E-state index contributed by atoms with van der Waals surface area (Å²) in [6, 6.07) is 10.7. The first-order valence-electron chi connectivity index (χ1n) is 3.54. The summed E-state index contributed by atoms with van der Waals surface area (Å²) in [6.45, 7) is 0. The van der Waals surface area contributed by atoms with Crippen molar-refractivity contribution in [1.29, 1.82) is 0 Å². The third-order valence-electron chi connectivity index (χ3n) is 1.31. The predicted molar refractivity (Wildman–Crippen MR) is 54.3 cm³/mol. The van der Waals surface area contributed by atoms with Crippen LogP contribution < -0.4 is 0 Å². The van der Waals surface area contributed by atoms with E-state index in [1.54, 1.807) is 0 Å². The van der Waals surface area contributed by atoms with Crippen molar-refractivity contribution in [3.05, 3.63) is 35.9 Å². The molecule has 0 spiro atoms. The molecule has 0 heterocycles. The molecule has 0 bridgehead atoms.